The van der Waals surface area contributed by atoms with Crippen LogP contribution in [0.3, 0.4) is 0 Å². The number of hydrogen-bond donors (Lipinski definition) is 2. The summed E-state index contributed by atoms with van der Waals surface area (Å²) in [5.74, 6) is 2.41. The minimum absolute atomic E-state index is 0.0150. The maximum atomic E-state index is 12.7. The van der Waals surface area contributed by atoms with Gasteiger partial charge in [0.1, 0.15) is 16.4 Å². The number of carbonyl (C=O) groups excluding carboxylic acids is 1. The van der Waals surface area contributed by atoms with Gasteiger partial charge in [0, 0.05) is 22.4 Å². The van der Waals surface area contributed by atoms with E-state index in [9.17, 15) is 9.59 Å². The first-order chi connectivity index (χ1) is 16.6. The first-order valence-corrected chi connectivity index (χ1v) is 14.1. The summed E-state index contributed by atoms with van der Waals surface area (Å²) >= 11 is 3.15. The van der Waals surface area contributed by atoms with E-state index in [4.69, 9.17) is 9.72 Å². The first kappa shape index (κ1) is 23.4. The standard InChI is InChI=1S/C26H31N3O3S2/c1-32-19-10-4-3-9-18(19)26(12-6-7-13-26)16-27-22(30)15-33-14-21-28-24(31)23-17-8-2-5-11-20(17)34-25(23)29-21/h3-4,9-10H,2,5-8,11-16H2,1H3,(H,27,30)(H,28,29,31). The highest BCUT2D eigenvalue weighted by atomic mass is 32.2. The fourth-order valence-corrected chi connectivity index (χ4v) is 7.51. The quantitative estimate of drug-likeness (QED) is 0.470. The summed E-state index contributed by atoms with van der Waals surface area (Å²) in [6, 6.07) is 8.17. The predicted molar refractivity (Wildman–Crippen MR) is 139 cm³/mol. The summed E-state index contributed by atoms with van der Waals surface area (Å²) in [7, 11) is 1.71. The Labute approximate surface area is 207 Å². The summed E-state index contributed by atoms with van der Waals surface area (Å²) in [6.45, 7) is 0.620. The van der Waals surface area contributed by atoms with E-state index in [1.165, 1.54) is 34.2 Å². The smallest absolute Gasteiger partial charge is 0.259 e. The van der Waals surface area contributed by atoms with E-state index < -0.39 is 0 Å². The van der Waals surface area contributed by atoms with Gasteiger partial charge in [-0.2, -0.15) is 0 Å². The monoisotopic (exact) mass is 497 g/mol. The number of aryl methyl sites for hydroxylation is 2. The second-order valence-corrected chi connectivity index (χ2v) is 11.4. The molecule has 2 heterocycles. The van der Waals surface area contributed by atoms with E-state index in [0.717, 1.165) is 60.9 Å². The Bertz CT molecular complexity index is 1240. The number of H-pyrrole nitrogens is 1. The van der Waals surface area contributed by atoms with Crippen LogP contribution in [0.15, 0.2) is 29.1 Å². The maximum absolute atomic E-state index is 12.7. The van der Waals surface area contributed by atoms with Gasteiger partial charge in [0.05, 0.1) is 24.0 Å². The van der Waals surface area contributed by atoms with Crippen LogP contribution in [0.5, 0.6) is 5.75 Å². The number of nitrogens with one attached hydrogen (secondary N) is 2. The third kappa shape index (κ3) is 4.62. The Kier molecular flexibility index (Phi) is 6.97. The lowest BCUT2D eigenvalue weighted by Crippen LogP contribution is -2.40. The summed E-state index contributed by atoms with van der Waals surface area (Å²) in [5, 5.41) is 3.95. The molecule has 0 radical (unpaired) electrons. The van der Waals surface area contributed by atoms with Crippen LogP contribution >= 0.6 is 23.1 Å². The Balaban J connectivity index is 1.20. The zero-order valence-corrected chi connectivity index (χ0v) is 21.2. The molecule has 6 nitrogen and oxygen atoms in total. The Morgan fingerprint density at radius 1 is 1.21 bits per heavy atom. The van der Waals surface area contributed by atoms with E-state index in [-0.39, 0.29) is 16.9 Å². The highest BCUT2D eigenvalue weighted by molar-refractivity contribution is 7.99. The highest BCUT2D eigenvalue weighted by Crippen LogP contribution is 2.44. The Morgan fingerprint density at radius 3 is 2.82 bits per heavy atom. The molecule has 0 spiro atoms. The average molecular weight is 498 g/mol. The van der Waals surface area contributed by atoms with Crippen molar-refractivity contribution in [2.75, 3.05) is 19.4 Å². The summed E-state index contributed by atoms with van der Waals surface area (Å²) in [4.78, 5) is 35.2. The minimum Gasteiger partial charge on any atom is -0.496 e. The van der Waals surface area contributed by atoms with Crippen LogP contribution in [0.25, 0.3) is 10.2 Å². The number of methoxy groups -OCH3 is 1. The highest BCUT2D eigenvalue weighted by Gasteiger charge is 2.38. The predicted octanol–water partition coefficient (Wildman–Crippen LogP) is 4.73. The lowest BCUT2D eigenvalue weighted by atomic mass is 9.78. The molecular formula is C26H31N3O3S2. The summed E-state index contributed by atoms with van der Waals surface area (Å²) in [5.41, 5.74) is 2.29. The van der Waals surface area contributed by atoms with Crippen molar-refractivity contribution in [2.45, 2.75) is 62.5 Å². The number of aromatic amines is 1. The molecule has 0 saturated heterocycles. The van der Waals surface area contributed by atoms with Gasteiger partial charge in [-0.05, 0) is 50.2 Å². The zero-order valence-electron chi connectivity index (χ0n) is 19.6. The van der Waals surface area contributed by atoms with E-state index in [1.807, 2.05) is 18.2 Å². The topological polar surface area (TPSA) is 84.1 Å². The van der Waals surface area contributed by atoms with Crippen molar-refractivity contribution in [3.05, 3.63) is 56.4 Å². The molecule has 1 amide bonds. The Hall–Kier alpha value is -2.32. The van der Waals surface area contributed by atoms with Crippen LogP contribution in [0.2, 0.25) is 0 Å². The van der Waals surface area contributed by atoms with E-state index in [0.29, 0.717) is 23.9 Å². The van der Waals surface area contributed by atoms with Crippen LogP contribution in [0.1, 0.15) is 60.4 Å². The van der Waals surface area contributed by atoms with Crippen molar-refractivity contribution in [3.8, 4) is 5.75 Å². The lowest BCUT2D eigenvalue weighted by Gasteiger charge is -2.31. The lowest BCUT2D eigenvalue weighted by molar-refractivity contribution is -0.118. The van der Waals surface area contributed by atoms with Crippen molar-refractivity contribution in [3.63, 3.8) is 0 Å². The van der Waals surface area contributed by atoms with E-state index >= 15 is 0 Å². The normalized spacial score (nSPS) is 17.0. The molecule has 5 rings (SSSR count). The molecular weight excluding hydrogens is 466 g/mol. The van der Waals surface area contributed by atoms with Gasteiger partial charge in [0.25, 0.3) is 5.56 Å². The summed E-state index contributed by atoms with van der Waals surface area (Å²) < 4.78 is 5.62. The molecule has 0 atom stereocenters. The molecule has 0 aliphatic heterocycles. The number of rotatable bonds is 8. The number of para-hydroxylation sites is 1. The number of nitrogens with zero attached hydrogens (tertiary/aromatic N) is 1. The van der Waals surface area contributed by atoms with E-state index in [2.05, 4.69) is 16.4 Å². The van der Waals surface area contributed by atoms with Gasteiger partial charge in [-0.3, -0.25) is 9.59 Å². The van der Waals surface area contributed by atoms with Crippen LogP contribution in [0.4, 0.5) is 0 Å². The van der Waals surface area contributed by atoms with Gasteiger partial charge in [0.2, 0.25) is 5.91 Å². The molecule has 2 aromatic heterocycles. The fraction of sp³-hybridized carbons (Fsp3) is 0.500. The zero-order chi connectivity index (χ0) is 23.5. The number of aromatic nitrogens is 2. The second kappa shape index (κ2) is 10.1. The van der Waals surface area contributed by atoms with E-state index in [1.54, 1.807) is 18.4 Å². The fourth-order valence-electron chi connectivity index (χ4n) is 5.51. The van der Waals surface area contributed by atoms with Gasteiger partial charge in [-0.25, -0.2) is 4.98 Å². The van der Waals surface area contributed by atoms with Gasteiger partial charge in [0.15, 0.2) is 0 Å². The maximum Gasteiger partial charge on any atom is 0.259 e. The Morgan fingerprint density at radius 2 is 2.00 bits per heavy atom. The summed E-state index contributed by atoms with van der Waals surface area (Å²) in [6.07, 6.45) is 8.79. The third-order valence-corrected chi connectivity index (χ3v) is 9.34. The molecule has 180 valence electrons. The molecule has 8 heteroatoms. The number of ether oxygens (including phenoxy) is 1. The third-order valence-electron chi connectivity index (χ3n) is 7.21. The van der Waals surface area contributed by atoms with Crippen LogP contribution in [-0.2, 0) is 28.8 Å². The van der Waals surface area contributed by atoms with Crippen LogP contribution < -0.4 is 15.6 Å². The van der Waals surface area contributed by atoms with Gasteiger partial charge in [-0.15, -0.1) is 23.1 Å². The number of carbonyl (C=O) groups is 1. The number of thioether (sulfide) groups is 1. The molecule has 3 aromatic rings. The van der Waals surface area contributed by atoms with Gasteiger partial charge < -0.3 is 15.0 Å². The minimum atomic E-state index is -0.0664. The molecule has 0 unspecified atom stereocenters. The molecule has 2 aliphatic carbocycles. The number of hydrogen-bond acceptors (Lipinski definition) is 6. The SMILES string of the molecule is COc1ccccc1C1(CNC(=O)CSCc2nc3sc4c(c3c(=O)[nH]2)CCCC4)CCCC1. The average Bonchev–Trinajstić information content (AvgIpc) is 3.48. The molecule has 0 bridgehead atoms. The van der Waals surface area contributed by atoms with Crippen molar-refractivity contribution in [2.24, 2.45) is 0 Å². The van der Waals surface area contributed by atoms with Crippen molar-refractivity contribution < 1.29 is 9.53 Å². The number of thiophene rings is 1. The molecule has 2 aliphatic rings. The number of fused-ring (bicyclic) bond motifs is 3. The van der Waals surface area contributed by atoms with Crippen LogP contribution in [-0.4, -0.2) is 35.3 Å². The van der Waals surface area contributed by atoms with Gasteiger partial charge in [-0.1, -0.05) is 31.0 Å². The molecule has 1 aromatic carbocycles. The number of benzene rings is 1. The molecule has 2 N–H and O–H groups in total. The largest absolute Gasteiger partial charge is 0.496 e. The first-order valence-electron chi connectivity index (χ1n) is 12.1. The molecule has 1 saturated carbocycles. The van der Waals surface area contributed by atoms with Crippen LogP contribution in [0, 0.1) is 0 Å². The van der Waals surface area contributed by atoms with Crippen molar-refractivity contribution >= 4 is 39.2 Å². The van der Waals surface area contributed by atoms with Crippen molar-refractivity contribution in [1.82, 2.24) is 15.3 Å². The molecule has 1 fully saturated rings. The number of amides is 1. The van der Waals surface area contributed by atoms with Gasteiger partial charge >= 0.3 is 0 Å². The van der Waals surface area contributed by atoms with Crippen molar-refractivity contribution in [1.29, 1.82) is 0 Å². The molecule has 34 heavy (non-hydrogen) atoms. The second-order valence-electron chi connectivity index (χ2n) is 9.36.